The van der Waals surface area contributed by atoms with Gasteiger partial charge in [-0.15, -0.1) is 17.0 Å². The monoisotopic (exact) mass is 386 g/mol. The number of ether oxygens (including phenoxy) is 2. The Kier molecular flexibility index (Phi) is 3.78. The van der Waals surface area contributed by atoms with Crippen molar-refractivity contribution in [3.05, 3.63) is 35.9 Å². The van der Waals surface area contributed by atoms with Crippen LogP contribution in [0.2, 0.25) is 0 Å². The molecule has 6 heteroatoms. The van der Waals surface area contributed by atoms with E-state index in [1.165, 1.54) is 0 Å². The highest BCUT2D eigenvalue weighted by molar-refractivity contribution is 8.93. The molecule has 5 unspecified atom stereocenters. The molecule has 1 N–H and O–H groups in total. The molecule has 1 aromatic rings. The normalized spacial score (nSPS) is 38.3. The number of likely N-dealkylation sites (N-methyl/N-ethyl adjacent to an activating group) is 1. The lowest BCUT2D eigenvalue weighted by Gasteiger charge is -2.38. The van der Waals surface area contributed by atoms with Crippen LogP contribution in [0.5, 0.6) is 0 Å². The van der Waals surface area contributed by atoms with Crippen LogP contribution in [0.3, 0.4) is 0 Å². The van der Waals surface area contributed by atoms with E-state index >= 15 is 0 Å². The zero-order valence-corrected chi connectivity index (χ0v) is 14.2. The fourth-order valence-corrected chi connectivity index (χ4v) is 3.79. The van der Waals surface area contributed by atoms with Gasteiger partial charge in [0.15, 0.2) is 0 Å². The lowest BCUT2D eigenvalue weighted by Crippen LogP contribution is -2.48. The Morgan fingerprint density at radius 1 is 1.39 bits per heavy atom. The summed E-state index contributed by atoms with van der Waals surface area (Å²) in [7, 11) is 0. The van der Waals surface area contributed by atoms with E-state index in [-0.39, 0.29) is 54.0 Å². The molecule has 3 heterocycles. The van der Waals surface area contributed by atoms with E-state index in [1.807, 2.05) is 18.2 Å². The Bertz CT molecular complexity index is 641. The van der Waals surface area contributed by atoms with Gasteiger partial charge in [0, 0.05) is 29.0 Å². The summed E-state index contributed by atoms with van der Waals surface area (Å²) < 4.78 is 34.4. The van der Waals surface area contributed by atoms with Gasteiger partial charge in [0.1, 0.15) is 24.2 Å². The van der Waals surface area contributed by atoms with Gasteiger partial charge in [-0.1, -0.05) is 30.3 Å². The predicted octanol–water partition coefficient (Wildman–Crippen LogP) is 1.50. The molecule has 3 fully saturated rings. The highest BCUT2D eigenvalue weighted by Crippen LogP contribution is 2.48. The number of fused-ring (bicyclic) bond motifs is 5. The zero-order chi connectivity index (χ0) is 17.8. The van der Waals surface area contributed by atoms with Gasteiger partial charge >= 0.3 is 5.97 Å². The van der Waals surface area contributed by atoms with Crippen LogP contribution >= 0.6 is 17.0 Å². The summed E-state index contributed by atoms with van der Waals surface area (Å²) >= 11 is 0. The van der Waals surface area contributed by atoms with E-state index in [0.29, 0.717) is 18.4 Å². The fraction of sp³-hybridized carbons (Fsp3) is 0.588. The van der Waals surface area contributed by atoms with E-state index in [1.54, 1.807) is 17.0 Å². The minimum absolute atomic E-state index is 0. The van der Waals surface area contributed by atoms with E-state index in [0.717, 1.165) is 0 Å². The number of hydrogen-bond acceptors (Lipinski definition) is 5. The van der Waals surface area contributed by atoms with Crippen LogP contribution in [0.4, 0.5) is 0 Å². The van der Waals surface area contributed by atoms with Gasteiger partial charge in [-0.3, -0.25) is 9.69 Å². The molecule has 0 aromatic heterocycles. The first kappa shape index (κ1) is 13.4. The lowest BCUT2D eigenvalue weighted by atomic mass is 9.97. The third-order valence-corrected chi connectivity index (χ3v) is 5.00. The predicted molar refractivity (Wildman–Crippen MR) is 89.7 cm³/mol. The molecule has 126 valence electrons. The maximum absolute atomic E-state index is 12.5. The maximum atomic E-state index is 12.5. The molecule has 0 radical (unpaired) electrons. The summed E-state index contributed by atoms with van der Waals surface area (Å²) in [4.78, 5) is 14.1. The molecule has 2 bridgehead atoms. The molecule has 3 aliphatic rings. The smallest absolute Gasteiger partial charge is 0.316 e. The average molecular weight is 387 g/mol. The van der Waals surface area contributed by atoms with Crippen molar-refractivity contribution < 1.29 is 23.5 Å². The second-order valence-electron chi connectivity index (χ2n) is 6.28. The van der Waals surface area contributed by atoms with Gasteiger partial charge in [-0.2, -0.15) is 0 Å². The molecule has 0 spiro atoms. The van der Waals surface area contributed by atoms with Gasteiger partial charge in [0.2, 0.25) is 0 Å². The van der Waals surface area contributed by atoms with Gasteiger partial charge in [-0.25, -0.2) is 0 Å². The molecule has 5 atom stereocenters. The summed E-state index contributed by atoms with van der Waals surface area (Å²) in [6.07, 6.45) is 0.452. The van der Waals surface area contributed by atoms with Crippen LogP contribution in [0.1, 0.15) is 28.4 Å². The second-order valence-corrected chi connectivity index (χ2v) is 6.28. The van der Waals surface area contributed by atoms with Crippen molar-refractivity contribution in [3.8, 4) is 0 Å². The van der Waals surface area contributed by atoms with Crippen molar-refractivity contribution >= 4 is 23.0 Å². The number of morpholine rings is 1. The number of halogens is 1. The number of rotatable bonds is 4. The summed E-state index contributed by atoms with van der Waals surface area (Å²) in [5, 5.41) is 9.59. The number of aliphatic hydroxyl groups excluding tert-OH is 1. The molecule has 4 rings (SSSR count). The van der Waals surface area contributed by atoms with Gasteiger partial charge in [0.25, 0.3) is 0 Å². The number of piperidine rings is 1. The second kappa shape index (κ2) is 6.51. The Labute approximate surface area is 150 Å². The highest BCUT2D eigenvalue weighted by Gasteiger charge is 2.62. The summed E-state index contributed by atoms with van der Waals surface area (Å²) in [5.74, 6) is -1.18. The van der Waals surface area contributed by atoms with Gasteiger partial charge in [0.05, 0.1) is 6.61 Å². The van der Waals surface area contributed by atoms with E-state index < -0.39 is 18.9 Å². The Morgan fingerprint density at radius 3 is 2.61 bits per heavy atom. The van der Waals surface area contributed by atoms with Crippen LogP contribution in [0, 0.1) is 0 Å². The molecular weight excluding hydrogens is 362 g/mol. The first-order valence-corrected chi connectivity index (χ1v) is 7.70. The molecule has 5 nitrogen and oxygen atoms in total. The molecule has 0 amide bonds. The SMILES string of the molecule is Br.[2H]C([2H])([2H])N1C2CC(OC(=O)C(CO)c3ccccc3)CC1C1OC12. The van der Waals surface area contributed by atoms with Crippen molar-refractivity contribution in [2.75, 3.05) is 13.6 Å². The molecule has 1 aromatic carbocycles. The molecule has 0 aliphatic carbocycles. The molecule has 23 heavy (non-hydrogen) atoms. The van der Waals surface area contributed by atoms with Gasteiger partial charge < -0.3 is 14.6 Å². The molecule has 3 aliphatic heterocycles. The van der Waals surface area contributed by atoms with Crippen molar-refractivity contribution in [2.24, 2.45) is 0 Å². The molecule has 0 saturated carbocycles. The Balaban J connectivity index is 0.00000196. The Morgan fingerprint density at radius 2 is 2.04 bits per heavy atom. The van der Waals surface area contributed by atoms with Crippen LogP contribution in [-0.4, -0.2) is 60.0 Å². The van der Waals surface area contributed by atoms with E-state index in [9.17, 15) is 9.90 Å². The van der Waals surface area contributed by atoms with Crippen molar-refractivity contribution in [2.45, 2.75) is 49.2 Å². The number of benzene rings is 1. The third-order valence-electron chi connectivity index (χ3n) is 5.00. The standard InChI is InChI=1S/C17H21NO4.BrH/c1-18-13-7-11(8-14(18)16-15(13)22-16)21-17(20)12(9-19)10-5-3-2-4-6-10;/h2-6,11-16,19H,7-9H2,1H3;1H/i1D3;. The lowest BCUT2D eigenvalue weighted by molar-refractivity contribution is -0.156. The number of hydrogen-bond donors (Lipinski definition) is 1. The quantitative estimate of drug-likeness (QED) is 0.627. The van der Waals surface area contributed by atoms with Crippen molar-refractivity contribution in [1.29, 1.82) is 0 Å². The van der Waals surface area contributed by atoms with Crippen LogP contribution in [-0.2, 0) is 14.3 Å². The number of epoxide rings is 1. The summed E-state index contributed by atoms with van der Waals surface area (Å²) in [5.41, 5.74) is 0.712. The maximum Gasteiger partial charge on any atom is 0.316 e. The zero-order valence-electron chi connectivity index (χ0n) is 15.5. The minimum Gasteiger partial charge on any atom is -0.462 e. The van der Waals surface area contributed by atoms with Crippen LogP contribution < -0.4 is 0 Å². The summed E-state index contributed by atoms with van der Waals surface area (Å²) in [6.45, 7) is -2.48. The number of carbonyl (C=O) groups is 1. The molecular formula is C17H22BrNO4. The molecule has 3 saturated heterocycles. The van der Waals surface area contributed by atoms with Gasteiger partial charge in [-0.05, 0) is 12.5 Å². The van der Waals surface area contributed by atoms with E-state index in [2.05, 4.69) is 0 Å². The topological polar surface area (TPSA) is 62.3 Å². The number of esters is 1. The average Bonchev–Trinajstić information content (AvgIpc) is 3.31. The largest absolute Gasteiger partial charge is 0.462 e. The number of carbonyl (C=O) groups excluding carboxylic acids is 1. The third kappa shape index (κ3) is 2.93. The van der Waals surface area contributed by atoms with Crippen LogP contribution in [0.25, 0.3) is 0 Å². The number of aliphatic hydroxyl groups is 1. The van der Waals surface area contributed by atoms with Crippen molar-refractivity contribution in [3.63, 3.8) is 0 Å². The Hall–Kier alpha value is -0.950. The van der Waals surface area contributed by atoms with Crippen LogP contribution in [0.15, 0.2) is 30.3 Å². The fourth-order valence-electron chi connectivity index (χ4n) is 3.79. The minimum atomic E-state index is -2.15. The van der Waals surface area contributed by atoms with Crippen molar-refractivity contribution in [1.82, 2.24) is 4.90 Å². The number of nitrogens with zero attached hydrogens (tertiary/aromatic N) is 1. The first-order chi connectivity index (χ1) is 11.9. The van der Waals surface area contributed by atoms with E-state index in [4.69, 9.17) is 13.6 Å². The first-order valence-electron chi connectivity index (χ1n) is 9.20. The highest BCUT2D eigenvalue weighted by atomic mass is 79.9. The summed E-state index contributed by atoms with van der Waals surface area (Å²) in [6, 6.07) is 8.56.